The monoisotopic (exact) mass is 152 g/mol. The summed E-state index contributed by atoms with van der Waals surface area (Å²) in [7, 11) is 0. The van der Waals surface area contributed by atoms with Crippen LogP contribution in [0.1, 0.15) is 46.0 Å². The van der Waals surface area contributed by atoms with Crippen LogP contribution < -0.4 is 0 Å². The highest BCUT2D eigenvalue weighted by atomic mass is 14.2. The fourth-order valence-corrected chi connectivity index (χ4v) is 1.99. The van der Waals surface area contributed by atoms with E-state index >= 15 is 0 Å². The van der Waals surface area contributed by atoms with Gasteiger partial charge in [-0.25, -0.2) is 0 Å². The first-order chi connectivity index (χ1) is 5.34. The Morgan fingerprint density at radius 1 is 1.36 bits per heavy atom. The molecule has 0 bridgehead atoms. The molecule has 1 aliphatic carbocycles. The Bertz CT molecular complexity index is 118. The van der Waals surface area contributed by atoms with Gasteiger partial charge in [-0.2, -0.15) is 0 Å². The molecular formula is C11H20. The van der Waals surface area contributed by atoms with Crippen molar-refractivity contribution in [2.75, 3.05) is 0 Å². The van der Waals surface area contributed by atoms with Crippen molar-refractivity contribution in [3.63, 3.8) is 0 Å². The summed E-state index contributed by atoms with van der Waals surface area (Å²) in [5, 5.41) is 0. The zero-order chi connectivity index (χ0) is 8.10. The molecule has 1 rings (SSSR count). The topological polar surface area (TPSA) is 0 Å². The Balaban J connectivity index is 2.27. The first-order valence-electron chi connectivity index (χ1n) is 5.01. The maximum Gasteiger partial charge on any atom is -0.0234 e. The van der Waals surface area contributed by atoms with Crippen molar-refractivity contribution in [3.8, 4) is 0 Å². The van der Waals surface area contributed by atoms with Crippen LogP contribution in [0.5, 0.6) is 0 Å². The molecule has 64 valence electrons. The molecule has 0 nitrogen and oxygen atoms in total. The fraction of sp³-hybridized carbons (Fsp3) is 0.818. The van der Waals surface area contributed by atoms with E-state index in [1.165, 1.54) is 32.1 Å². The highest BCUT2D eigenvalue weighted by Crippen LogP contribution is 2.31. The number of allylic oxidation sites excluding steroid dienone is 2. The predicted molar refractivity (Wildman–Crippen MR) is 50.6 cm³/mol. The van der Waals surface area contributed by atoms with E-state index in [0.29, 0.717) is 0 Å². The van der Waals surface area contributed by atoms with Crippen LogP contribution in [-0.2, 0) is 0 Å². The van der Waals surface area contributed by atoms with Gasteiger partial charge in [-0.3, -0.25) is 0 Å². The normalized spacial score (nSPS) is 23.1. The summed E-state index contributed by atoms with van der Waals surface area (Å²) in [6.07, 6.45) is 11.8. The van der Waals surface area contributed by atoms with E-state index in [1.54, 1.807) is 0 Å². The first kappa shape index (κ1) is 8.83. The summed E-state index contributed by atoms with van der Waals surface area (Å²) < 4.78 is 0. The molecule has 0 aromatic carbocycles. The Morgan fingerprint density at radius 2 is 2.00 bits per heavy atom. The summed E-state index contributed by atoms with van der Waals surface area (Å²) in [6.45, 7) is 4.57. The van der Waals surface area contributed by atoms with Gasteiger partial charge < -0.3 is 0 Å². The SMILES string of the molecule is CCC=CC(C)C1CCCC1. The molecule has 1 saturated carbocycles. The van der Waals surface area contributed by atoms with E-state index in [2.05, 4.69) is 26.0 Å². The van der Waals surface area contributed by atoms with Gasteiger partial charge in [-0.1, -0.05) is 38.8 Å². The van der Waals surface area contributed by atoms with Gasteiger partial charge in [0.15, 0.2) is 0 Å². The van der Waals surface area contributed by atoms with Gasteiger partial charge in [-0.05, 0) is 31.1 Å². The molecule has 1 aliphatic rings. The minimum atomic E-state index is 0.831. The molecule has 0 aliphatic heterocycles. The van der Waals surface area contributed by atoms with Crippen molar-refractivity contribution in [2.24, 2.45) is 11.8 Å². The standard InChI is InChI=1S/C11H20/c1-3-4-7-10(2)11-8-5-6-9-11/h4,7,10-11H,3,5-6,8-9H2,1-2H3. The van der Waals surface area contributed by atoms with Gasteiger partial charge in [0.2, 0.25) is 0 Å². The quantitative estimate of drug-likeness (QED) is 0.540. The van der Waals surface area contributed by atoms with Crippen LogP contribution in [0.3, 0.4) is 0 Å². The van der Waals surface area contributed by atoms with Gasteiger partial charge in [0.05, 0.1) is 0 Å². The second-order valence-corrected chi connectivity index (χ2v) is 3.74. The maximum atomic E-state index is 2.40. The molecule has 0 heteroatoms. The molecule has 1 unspecified atom stereocenters. The van der Waals surface area contributed by atoms with Crippen LogP contribution in [0.25, 0.3) is 0 Å². The summed E-state index contributed by atoms with van der Waals surface area (Å²) in [5.74, 6) is 1.83. The zero-order valence-corrected chi connectivity index (χ0v) is 7.84. The van der Waals surface area contributed by atoms with Gasteiger partial charge in [-0.15, -0.1) is 0 Å². The maximum absolute atomic E-state index is 2.40. The highest BCUT2D eigenvalue weighted by molar-refractivity contribution is 4.90. The summed E-state index contributed by atoms with van der Waals surface area (Å²) in [5.41, 5.74) is 0. The average molecular weight is 152 g/mol. The molecule has 0 N–H and O–H groups in total. The van der Waals surface area contributed by atoms with Crippen LogP contribution >= 0.6 is 0 Å². The van der Waals surface area contributed by atoms with E-state index in [9.17, 15) is 0 Å². The Hall–Kier alpha value is -0.260. The van der Waals surface area contributed by atoms with Crippen LogP contribution in [0.4, 0.5) is 0 Å². The van der Waals surface area contributed by atoms with Crippen molar-refractivity contribution >= 4 is 0 Å². The van der Waals surface area contributed by atoms with E-state index < -0.39 is 0 Å². The molecule has 0 heterocycles. The lowest BCUT2D eigenvalue weighted by molar-refractivity contribution is 0.433. The zero-order valence-electron chi connectivity index (χ0n) is 7.84. The smallest absolute Gasteiger partial charge is 0.0234 e. The lowest BCUT2D eigenvalue weighted by atomic mass is 9.92. The van der Waals surface area contributed by atoms with Crippen molar-refractivity contribution in [2.45, 2.75) is 46.0 Å². The van der Waals surface area contributed by atoms with E-state index in [1.807, 2.05) is 0 Å². The van der Waals surface area contributed by atoms with Crippen molar-refractivity contribution in [1.29, 1.82) is 0 Å². The van der Waals surface area contributed by atoms with E-state index in [0.717, 1.165) is 11.8 Å². The molecule has 0 aromatic heterocycles. The highest BCUT2D eigenvalue weighted by Gasteiger charge is 2.18. The summed E-state index contributed by atoms with van der Waals surface area (Å²) in [6, 6.07) is 0. The lowest BCUT2D eigenvalue weighted by Gasteiger charge is -2.13. The minimum Gasteiger partial charge on any atom is -0.0885 e. The van der Waals surface area contributed by atoms with Gasteiger partial charge >= 0.3 is 0 Å². The summed E-state index contributed by atoms with van der Waals surface area (Å²) >= 11 is 0. The Kier molecular flexibility index (Phi) is 3.68. The van der Waals surface area contributed by atoms with Gasteiger partial charge in [0.1, 0.15) is 0 Å². The number of hydrogen-bond donors (Lipinski definition) is 0. The predicted octanol–water partition coefficient (Wildman–Crippen LogP) is 3.78. The first-order valence-corrected chi connectivity index (χ1v) is 5.01. The van der Waals surface area contributed by atoms with Gasteiger partial charge in [0.25, 0.3) is 0 Å². The van der Waals surface area contributed by atoms with Crippen LogP contribution in [0.15, 0.2) is 12.2 Å². The second kappa shape index (κ2) is 4.58. The molecule has 0 spiro atoms. The molecule has 1 atom stereocenters. The third-order valence-corrected chi connectivity index (χ3v) is 2.82. The third kappa shape index (κ3) is 2.69. The van der Waals surface area contributed by atoms with Gasteiger partial charge in [0, 0.05) is 0 Å². The molecule has 1 fully saturated rings. The fourth-order valence-electron chi connectivity index (χ4n) is 1.99. The Labute approximate surface area is 70.7 Å². The van der Waals surface area contributed by atoms with Crippen LogP contribution in [-0.4, -0.2) is 0 Å². The van der Waals surface area contributed by atoms with E-state index in [4.69, 9.17) is 0 Å². The number of hydrogen-bond acceptors (Lipinski definition) is 0. The minimum absolute atomic E-state index is 0.831. The lowest BCUT2D eigenvalue weighted by Crippen LogP contribution is -2.03. The molecule has 0 aromatic rings. The third-order valence-electron chi connectivity index (χ3n) is 2.82. The van der Waals surface area contributed by atoms with Crippen molar-refractivity contribution in [1.82, 2.24) is 0 Å². The average Bonchev–Trinajstić information content (AvgIpc) is 2.52. The van der Waals surface area contributed by atoms with E-state index in [-0.39, 0.29) is 0 Å². The summed E-state index contributed by atoms with van der Waals surface area (Å²) in [4.78, 5) is 0. The van der Waals surface area contributed by atoms with Crippen LogP contribution in [0.2, 0.25) is 0 Å². The van der Waals surface area contributed by atoms with Crippen molar-refractivity contribution in [3.05, 3.63) is 12.2 Å². The van der Waals surface area contributed by atoms with Crippen LogP contribution in [0, 0.1) is 11.8 Å². The molecule has 11 heavy (non-hydrogen) atoms. The molecule has 0 radical (unpaired) electrons. The molecule has 0 saturated heterocycles. The number of rotatable bonds is 3. The van der Waals surface area contributed by atoms with Crippen molar-refractivity contribution < 1.29 is 0 Å². The largest absolute Gasteiger partial charge is 0.0885 e. The second-order valence-electron chi connectivity index (χ2n) is 3.74. The molecular weight excluding hydrogens is 132 g/mol. The Morgan fingerprint density at radius 3 is 2.55 bits per heavy atom. The molecule has 0 amide bonds.